The van der Waals surface area contributed by atoms with Gasteiger partial charge in [-0.05, 0) is 13.1 Å². The minimum atomic E-state index is -3.74. The van der Waals surface area contributed by atoms with E-state index in [1.807, 2.05) is 7.05 Å². The topological polar surface area (TPSA) is 88.2 Å². The van der Waals surface area contributed by atoms with Crippen LogP contribution in [-0.4, -0.2) is 71.0 Å². The Morgan fingerprint density at radius 1 is 1.08 bits per heavy atom. The summed E-state index contributed by atoms with van der Waals surface area (Å²) in [5.41, 5.74) is 0.290. The van der Waals surface area contributed by atoms with Crippen molar-refractivity contribution in [2.24, 2.45) is 0 Å². The van der Waals surface area contributed by atoms with Crippen molar-refractivity contribution in [2.75, 3.05) is 52.8 Å². The van der Waals surface area contributed by atoms with Crippen molar-refractivity contribution in [1.82, 2.24) is 9.21 Å². The lowest BCUT2D eigenvalue weighted by atomic mass is 10.2. The number of likely N-dealkylation sites (N-methyl/N-ethyl adjacent to an activating group) is 1. The molecule has 24 heavy (non-hydrogen) atoms. The summed E-state index contributed by atoms with van der Waals surface area (Å²) < 4.78 is 37.8. The van der Waals surface area contributed by atoms with Gasteiger partial charge in [0, 0.05) is 39.2 Å². The highest BCUT2D eigenvalue weighted by Crippen LogP contribution is 2.37. The summed E-state index contributed by atoms with van der Waals surface area (Å²) in [6, 6.07) is 2.85. The van der Waals surface area contributed by atoms with Crippen LogP contribution in [0.2, 0.25) is 0 Å². The van der Waals surface area contributed by atoms with Crippen molar-refractivity contribution in [3.63, 3.8) is 0 Å². The van der Waals surface area contributed by atoms with Crippen molar-refractivity contribution >= 4 is 21.6 Å². The number of nitrogens with one attached hydrogen (secondary N) is 1. The van der Waals surface area contributed by atoms with E-state index in [-0.39, 0.29) is 16.6 Å². The fourth-order valence-corrected chi connectivity index (χ4v) is 4.11. The van der Waals surface area contributed by atoms with Gasteiger partial charge in [-0.3, -0.25) is 4.79 Å². The molecule has 1 heterocycles. The minimum Gasteiger partial charge on any atom is -0.495 e. The second-order valence-corrected chi connectivity index (χ2v) is 7.50. The van der Waals surface area contributed by atoms with Crippen molar-refractivity contribution in [3.05, 3.63) is 12.1 Å². The Kier molecular flexibility index (Phi) is 5.68. The molecule has 1 aromatic rings. The van der Waals surface area contributed by atoms with Gasteiger partial charge in [0.1, 0.15) is 16.4 Å². The van der Waals surface area contributed by atoms with Crippen LogP contribution < -0.4 is 14.8 Å². The summed E-state index contributed by atoms with van der Waals surface area (Å²) >= 11 is 0. The molecule has 2 rings (SSSR count). The maximum atomic E-state index is 13.0. The van der Waals surface area contributed by atoms with Gasteiger partial charge in [-0.25, -0.2) is 8.42 Å². The Labute approximate surface area is 142 Å². The van der Waals surface area contributed by atoms with E-state index in [0.29, 0.717) is 37.6 Å². The van der Waals surface area contributed by atoms with E-state index in [9.17, 15) is 13.2 Å². The molecular weight excluding hydrogens is 334 g/mol. The van der Waals surface area contributed by atoms with Crippen LogP contribution in [0.3, 0.4) is 0 Å². The third-order valence-corrected chi connectivity index (χ3v) is 5.80. The highest BCUT2D eigenvalue weighted by Gasteiger charge is 2.31. The average molecular weight is 357 g/mol. The predicted octanol–water partition coefficient (Wildman–Crippen LogP) is 0.598. The first-order valence-corrected chi connectivity index (χ1v) is 8.96. The second-order valence-electron chi connectivity index (χ2n) is 5.59. The molecule has 0 aliphatic carbocycles. The van der Waals surface area contributed by atoms with Crippen LogP contribution in [0.4, 0.5) is 5.69 Å². The normalized spacial score (nSPS) is 16.7. The molecule has 1 N–H and O–H groups in total. The number of sulfonamides is 1. The summed E-state index contributed by atoms with van der Waals surface area (Å²) in [7, 11) is 1.05. The Morgan fingerprint density at radius 3 is 2.17 bits per heavy atom. The van der Waals surface area contributed by atoms with Crippen LogP contribution in [-0.2, 0) is 14.8 Å². The molecule has 0 atom stereocenters. The Balaban J connectivity index is 2.48. The van der Waals surface area contributed by atoms with Crippen LogP contribution >= 0.6 is 0 Å². The van der Waals surface area contributed by atoms with Gasteiger partial charge >= 0.3 is 0 Å². The van der Waals surface area contributed by atoms with E-state index in [0.717, 1.165) is 0 Å². The number of benzene rings is 1. The maximum absolute atomic E-state index is 13.0. The monoisotopic (exact) mass is 357 g/mol. The van der Waals surface area contributed by atoms with E-state index in [1.54, 1.807) is 0 Å². The van der Waals surface area contributed by atoms with Gasteiger partial charge in [0.2, 0.25) is 15.9 Å². The number of carbonyl (C=O) groups is 1. The van der Waals surface area contributed by atoms with E-state index in [2.05, 4.69) is 10.2 Å². The van der Waals surface area contributed by atoms with Crippen LogP contribution in [0.1, 0.15) is 6.92 Å². The fourth-order valence-electron chi connectivity index (χ4n) is 2.53. The summed E-state index contributed by atoms with van der Waals surface area (Å²) in [5, 5.41) is 2.59. The molecule has 0 bridgehead atoms. The number of amides is 1. The van der Waals surface area contributed by atoms with Crippen molar-refractivity contribution in [1.29, 1.82) is 0 Å². The number of piperazine rings is 1. The number of methoxy groups -OCH3 is 2. The molecule has 0 saturated carbocycles. The molecule has 0 spiro atoms. The summed E-state index contributed by atoms with van der Waals surface area (Å²) in [5.74, 6) is 0.195. The quantitative estimate of drug-likeness (QED) is 0.830. The molecule has 134 valence electrons. The SMILES string of the molecule is COc1cc(OC)c(S(=O)(=O)N2CCN(C)CC2)cc1NC(C)=O. The van der Waals surface area contributed by atoms with Gasteiger partial charge in [-0.2, -0.15) is 4.31 Å². The van der Waals surface area contributed by atoms with Gasteiger partial charge in [0.25, 0.3) is 0 Å². The van der Waals surface area contributed by atoms with E-state index < -0.39 is 10.0 Å². The number of hydrogen-bond acceptors (Lipinski definition) is 6. The van der Waals surface area contributed by atoms with Crippen LogP contribution in [0, 0.1) is 0 Å². The molecule has 0 radical (unpaired) electrons. The predicted molar refractivity (Wildman–Crippen MR) is 90.1 cm³/mol. The van der Waals surface area contributed by atoms with Gasteiger partial charge in [0.05, 0.1) is 19.9 Å². The molecule has 1 aromatic carbocycles. The zero-order valence-corrected chi connectivity index (χ0v) is 15.1. The van der Waals surface area contributed by atoms with Crippen molar-refractivity contribution < 1.29 is 22.7 Å². The molecule has 9 heteroatoms. The smallest absolute Gasteiger partial charge is 0.246 e. The highest BCUT2D eigenvalue weighted by atomic mass is 32.2. The first kappa shape index (κ1) is 18.5. The summed E-state index contributed by atoms with van der Waals surface area (Å²) in [6.07, 6.45) is 0. The van der Waals surface area contributed by atoms with E-state index in [1.165, 1.54) is 37.6 Å². The van der Waals surface area contributed by atoms with Crippen molar-refractivity contribution in [2.45, 2.75) is 11.8 Å². The molecule has 8 nitrogen and oxygen atoms in total. The number of rotatable bonds is 5. The molecular formula is C15H23N3O5S. The lowest BCUT2D eigenvalue weighted by Gasteiger charge is -2.32. The Morgan fingerprint density at radius 2 is 1.67 bits per heavy atom. The number of nitrogens with zero attached hydrogens (tertiary/aromatic N) is 2. The number of hydrogen-bond donors (Lipinski definition) is 1. The summed E-state index contributed by atoms with van der Waals surface area (Å²) in [4.78, 5) is 13.5. The number of carbonyl (C=O) groups excluding carboxylic acids is 1. The van der Waals surface area contributed by atoms with Gasteiger partial charge < -0.3 is 19.7 Å². The van der Waals surface area contributed by atoms with Gasteiger partial charge in [-0.1, -0.05) is 0 Å². The minimum absolute atomic E-state index is 0.0131. The average Bonchev–Trinajstić information content (AvgIpc) is 2.54. The van der Waals surface area contributed by atoms with Crippen LogP contribution in [0.25, 0.3) is 0 Å². The summed E-state index contributed by atoms with van der Waals surface area (Å²) in [6.45, 7) is 3.48. The zero-order chi connectivity index (χ0) is 17.9. The number of anilines is 1. The fraction of sp³-hybridized carbons (Fsp3) is 0.533. The van der Waals surface area contributed by atoms with E-state index in [4.69, 9.17) is 9.47 Å². The molecule has 0 aromatic heterocycles. The Bertz CT molecular complexity index is 712. The van der Waals surface area contributed by atoms with E-state index >= 15 is 0 Å². The highest BCUT2D eigenvalue weighted by molar-refractivity contribution is 7.89. The molecule has 1 aliphatic rings. The van der Waals surface area contributed by atoms with Crippen LogP contribution in [0.5, 0.6) is 11.5 Å². The zero-order valence-electron chi connectivity index (χ0n) is 14.3. The van der Waals surface area contributed by atoms with Crippen molar-refractivity contribution in [3.8, 4) is 11.5 Å². The van der Waals surface area contributed by atoms with Gasteiger partial charge in [-0.15, -0.1) is 0 Å². The molecule has 1 aliphatic heterocycles. The third-order valence-electron chi connectivity index (χ3n) is 3.88. The van der Waals surface area contributed by atoms with Crippen LogP contribution in [0.15, 0.2) is 17.0 Å². The molecule has 1 fully saturated rings. The lowest BCUT2D eigenvalue weighted by molar-refractivity contribution is -0.114. The molecule has 1 saturated heterocycles. The van der Waals surface area contributed by atoms with Gasteiger partial charge in [0.15, 0.2) is 0 Å². The Hall–Kier alpha value is -1.84. The first-order chi connectivity index (χ1) is 11.3. The maximum Gasteiger partial charge on any atom is 0.246 e. The lowest BCUT2D eigenvalue weighted by Crippen LogP contribution is -2.47. The number of ether oxygens (including phenoxy) is 2. The first-order valence-electron chi connectivity index (χ1n) is 7.52. The molecule has 0 unspecified atom stereocenters. The molecule has 1 amide bonds. The second kappa shape index (κ2) is 7.37. The standard InChI is InChI=1S/C15H23N3O5S/c1-11(19)16-12-9-15(14(23-4)10-13(12)22-3)24(20,21)18-7-5-17(2)6-8-18/h9-10H,5-8H2,1-4H3,(H,16,19). The third kappa shape index (κ3) is 3.80. The largest absolute Gasteiger partial charge is 0.495 e.